The fourth-order valence-electron chi connectivity index (χ4n) is 2.65. The van der Waals surface area contributed by atoms with Crippen LogP contribution in [0, 0.1) is 0 Å². The van der Waals surface area contributed by atoms with Gasteiger partial charge in [0.05, 0.1) is 7.11 Å². The van der Waals surface area contributed by atoms with Crippen molar-refractivity contribution in [3.8, 4) is 5.75 Å². The van der Waals surface area contributed by atoms with Crippen LogP contribution in [-0.4, -0.2) is 23.9 Å². The number of amides is 1. The zero-order chi connectivity index (χ0) is 16.9. The number of methoxy groups -OCH3 is 1. The number of rotatable bonds is 6. The quantitative estimate of drug-likeness (QED) is 0.710. The molecule has 0 aliphatic heterocycles. The number of hydrogen-bond acceptors (Lipinski definition) is 3. The summed E-state index contributed by atoms with van der Waals surface area (Å²) in [5, 5.41) is 3.74. The number of para-hydroxylation sites is 1. The first-order valence-corrected chi connectivity index (χ1v) is 7.64. The number of ether oxygens (including phenoxy) is 1. The summed E-state index contributed by atoms with van der Waals surface area (Å²) in [5.41, 5.74) is 2.46. The molecular weight excluding hydrogens is 304 g/mol. The highest BCUT2D eigenvalue weighted by molar-refractivity contribution is 5.98. The molecule has 0 saturated carbocycles. The molecule has 3 aromatic rings. The first kappa shape index (κ1) is 15.8. The summed E-state index contributed by atoms with van der Waals surface area (Å²) >= 11 is 0. The van der Waals surface area contributed by atoms with Crippen LogP contribution < -0.4 is 10.1 Å². The number of carbonyl (C=O) groups excluding carboxylic acids is 2. The van der Waals surface area contributed by atoms with Crippen LogP contribution in [0.15, 0.2) is 54.7 Å². The van der Waals surface area contributed by atoms with Crippen LogP contribution in [0.5, 0.6) is 5.75 Å². The van der Waals surface area contributed by atoms with Gasteiger partial charge in [0.2, 0.25) is 5.91 Å². The van der Waals surface area contributed by atoms with Gasteiger partial charge in [0.15, 0.2) is 6.29 Å². The second-order valence-electron chi connectivity index (χ2n) is 5.47. The van der Waals surface area contributed by atoms with E-state index in [-0.39, 0.29) is 12.5 Å². The lowest BCUT2D eigenvalue weighted by molar-refractivity contribution is -0.121. The van der Waals surface area contributed by atoms with E-state index in [1.54, 1.807) is 17.9 Å². The lowest BCUT2D eigenvalue weighted by Gasteiger charge is -2.08. The minimum Gasteiger partial charge on any atom is -0.497 e. The Morgan fingerprint density at radius 2 is 1.92 bits per heavy atom. The number of nitrogens with zero attached hydrogens (tertiary/aromatic N) is 1. The van der Waals surface area contributed by atoms with Crippen LogP contribution in [0.2, 0.25) is 0 Å². The standard InChI is InChI=1S/C19H18N2O3/c1-24-16-8-6-14(7-9-16)10-20-19(23)12-21-11-15(13-22)17-4-2-3-5-18(17)21/h2-9,11,13H,10,12H2,1H3,(H,20,23). The molecule has 2 aromatic carbocycles. The molecule has 0 atom stereocenters. The maximum atomic E-state index is 12.2. The maximum Gasteiger partial charge on any atom is 0.240 e. The molecule has 24 heavy (non-hydrogen) atoms. The molecule has 0 radical (unpaired) electrons. The lowest BCUT2D eigenvalue weighted by Crippen LogP contribution is -2.26. The van der Waals surface area contributed by atoms with Crippen molar-refractivity contribution in [1.29, 1.82) is 0 Å². The fourth-order valence-corrected chi connectivity index (χ4v) is 2.65. The summed E-state index contributed by atoms with van der Waals surface area (Å²) in [6, 6.07) is 15.1. The van der Waals surface area contributed by atoms with E-state index in [2.05, 4.69) is 5.32 Å². The average Bonchev–Trinajstić information content (AvgIpc) is 2.98. The van der Waals surface area contributed by atoms with Gasteiger partial charge in [-0.1, -0.05) is 30.3 Å². The van der Waals surface area contributed by atoms with Gasteiger partial charge < -0.3 is 14.6 Å². The molecule has 3 rings (SSSR count). The average molecular weight is 322 g/mol. The van der Waals surface area contributed by atoms with E-state index in [4.69, 9.17) is 4.74 Å². The Morgan fingerprint density at radius 1 is 1.17 bits per heavy atom. The number of nitrogens with one attached hydrogen (secondary N) is 1. The highest BCUT2D eigenvalue weighted by Crippen LogP contribution is 2.19. The number of aromatic nitrogens is 1. The molecule has 0 bridgehead atoms. The van der Waals surface area contributed by atoms with Crippen molar-refractivity contribution in [2.75, 3.05) is 7.11 Å². The predicted octanol–water partition coefficient (Wildman–Crippen LogP) is 2.78. The molecule has 5 nitrogen and oxygen atoms in total. The van der Waals surface area contributed by atoms with Crippen molar-refractivity contribution >= 4 is 23.1 Å². The van der Waals surface area contributed by atoms with Crippen molar-refractivity contribution < 1.29 is 14.3 Å². The van der Waals surface area contributed by atoms with Crippen LogP contribution in [0.4, 0.5) is 0 Å². The molecule has 0 spiro atoms. The van der Waals surface area contributed by atoms with E-state index in [0.29, 0.717) is 12.1 Å². The van der Waals surface area contributed by atoms with Gasteiger partial charge in [-0.05, 0) is 23.8 Å². The molecule has 1 N–H and O–H groups in total. The minimum absolute atomic E-state index is 0.107. The van der Waals surface area contributed by atoms with Gasteiger partial charge >= 0.3 is 0 Å². The number of aldehydes is 1. The van der Waals surface area contributed by atoms with Gasteiger partial charge in [-0.2, -0.15) is 0 Å². The Labute approximate surface area is 139 Å². The van der Waals surface area contributed by atoms with Crippen LogP contribution in [-0.2, 0) is 17.9 Å². The zero-order valence-electron chi connectivity index (χ0n) is 13.4. The number of benzene rings is 2. The van der Waals surface area contributed by atoms with E-state index < -0.39 is 0 Å². The van der Waals surface area contributed by atoms with Gasteiger partial charge in [0, 0.05) is 29.2 Å². The summed E-state index contributed by atoms with van der Waals surface area (Å²) in [6.45, 7) is 0.618. The Kier molecular flexibility index (Phi) is 4.61. The minimum atomic E-state index is -0.107. The maximum absolute atomic E-state index is 12.2. The third kappa shape index (κ3) is 3.30. The fraction of sp³-hybridized carbons (Fsp3) is 0.158. The van der Waals surface area contributed by atoms with Gasteiger partial charge in [-0.25, -0.2) is 0 Å². The van der Waals surface area contributed by atoms with Crippen molar-refractivity contribution in [2.45, 2.75) is 13.1 Å². The smallest absolute Gasteiger partial charge is 0.240 e. The van der Waals surface area contributed by atoms with Gasteiger partial charge in [-0.15, -0.1) is 0 Å². The highest BCUT2D eigenvalue weighted by atomic mass is 16.5. The summed E-state index contributed by atoms with van der Waals surface area (Å²) in [5.74, 6) is 0.675. The normalized spacial score (nSPS) is 10.5. The molecule has 122 valence electrons. The van der Waals surface area contributed by atoms with Gasteiger partial charge in [0.25, 0.3) is 0 Å². The van der Waals surface area contributed by atoms with E-state index in [0.717, 1.165) is 28.5 Å². The topological polar surface area (TPSA) is 60.3 Å². The summed E-state index contributed by atoms with van der Waals surface area (Å²) < 4.78 is 6.90. The highest BCUT2D eigenvalue weighted by Gasteiger charge is 2.10. The second kappa shape index (κ2) is 7.00. The number of carbonyl (C=O) groups is 2. The van der Waals surface area contributed by atoms with Gasteiger partial charge in [0.1, 0.15) is 12.3 Å². The second-order valence-corrected chi connectivity index (χ2v) is 5.47. The Balaban J connectivity index is 1.67. The summed E-state index contributed by atoms with van der Waals surface area (Å²) in [6.07, 6.45) is 2.53. The predicted molar refractivity (Wildman–Crippen MR) is 92.2 cm³/mol. The zero-order valence-corrected chi connectivity index (χ0v) is 13.4. The molecule has 1 heterocycles. The van der Waals surface area contributed by atoms with E-state index >= 15 is 0 Å². The largest absolute Gasteiger partial charge is 0.497 e. The number of fused-ring (bicyclic) bond motifs is 1. The Bertz CT molecular complexity index is 866. The van der Waals surface area contributed by atoms with Crippen molar-refractivity contribution in [1.82, 2.24) is 9.88 Å². The van der Waals surface area contributed by atoms with Crippen LogP contribution in [0.3, 0.4) is 0 Å². The van der Waals surface area contributed by atoms with Crippen LogP contribution >= 0.6 is 0 Å². The third-order valence-electron chi connectivity index (χ3n) is 3.91. The summed E-state index contributed by atoms with van der Waals surface area (Å²) in [4.78, 5) is 23.4. The van der Waals surface area contributed by atoms with Crippen molar-refractivity contribution in [2.24, 2.45) is 0 Å². The van der Waals surface area contributed by atoms with Crippen molar-refractivity contribution in [3.05, 3.63) is 65.9 Å². The molecule has 0 fully saturated rings. The monoisotopic (exact) mass is 322 g/mol. The number of hydrogen-bond donors (Lipinski definition) is 1. The first-order valence-electron chi connectivity index (χ1n) is 7.64. The molecule has 1 amide bonds. The van der Waals surface area contributed by atoms with E-state index in [1.165, 1.54) is 0 Å². The van der Waals surface area contributed by atoms with Gasteiger partial charge in [-0.3, -0.25) is 9.59 Å². The SMILES string of the molecule is COc1ccc(CNC(=O)Cn2cc(C=O)c3ccccc32)cc1. The van der Waals surface area contributed by atoms with E-state index in [1.807, 2.05) is 48.5 Å². The van der Waals surface area contributed by atoms with Crippen molar-refractivity contribution in [3.63, 3.8) is 0 Å². The molecule has 1 aromatic heterocycles. The summed E-state index contributed by atoms with van der Waals surface area (Å²) in [7, 11) is 1.62. The third-order valence-corrected chi connectivity index (χ3v) is 3.91. The van der Waals surface area contributed by atoms with E-state index in [9.17, 15) is 9.59 Å². The molecule has 0 unspecified atom stereocenters. The van der Waals surface area contributed by atoms with Crippen LogP contribution in [0.25, 0.3) is 10.9 Å². The lowest BCUT2D eigenvalue weighted by atomic mass is 10.2. The Morgan fingerprint density at radius 3 is 2.62 bits per heavy atom. The van der Waals surface area contributed by atoms with Crippen LogP contribution in [0.1, 0.15) is 15.9 Å². The molecule has 0 aliphatic rings. The molecule has 0 aliphatic carbocycles. The first-order chi connectivity index (χ1) is 11.7. The molecular formula is C19H18N2O3. The molecule has 0 saturated heterocycles. The molecule has 5 heteroatoms. The Hall–Kier alpha value is -3.08.